The molecule has 42 heavy (non-hydrogen) atoms. The van der Waals surface area contributed by atoms with Crippen LogP contribution in [-0.4, -0.2) is 63.3 Å². The van der Waals surface area contributed by atoms with Crippen molar-refractivity contribution in [2.75, 3.05) is 18.0 Å². The molecule has 1 amide bonds. The van der Waals surface area contributed by atoms with Crippen molar-refractivity contribution in [3.8, 4) is 5.88 Å². The van der Waals surface area contributed by atoms with Crippen LogP contribution in [0.25, 0.3) is 0 Å². The minimum Gasteiger partial charge on any atom is -0.477 e. The van der Waals surface area contributed by atoms with Crippen LogP contribution in [0.3, 0.4) is 0 Å². The Balaban J connectivity index is 1.31. The molecule has 3 heterocycles. The fourth-order valence-corrected chi connectivity index (χ4v) is 7.75. The number of carboxylic acids is 1. The Morgan fingerprint density at radius 2 is 1.79 bits per heavy atom. The van der Waals surface area contributed by atoms with Crippen molar-refractivity contribution in [3.05, 3.63) is 39.7 Å². The first-order valence-electron chi connectivity index (χ1n) is 15.7. The third-order valence-corrected chi connectivity index (χ3v) is 10.8. The van der Waals surface area contributed by atoms with Gasteiger partial charge in [-0.05, 0) is 86.8 Å². The number of pyridine rings is 1. The monoisotopic (exact) mass is 597 g/mol. The summed E-state index contributed by atoms with van der Waals surface area (Å²) in [5.41, 5.74) is 1.49. The number of carbonyl (C=O) groups excluding carboxylic acids is 1. The van der Waals surface area contributed by atoms with Crippen LogP contribution in [0.5, 0.6) is 5.88 Å². The van der Waals surface area contributed by atoms with E-state index in [1.807, 2.05) is 23.1 Å². The first-order chi connectivity index (χ1) is 20.0. The second kappa shape index (κ2) is 13.0. The fourth-order valence-electron chi connectivity index (χ4n) is 6.70. The average molecular weight is 598 g/mol. The van der Waals surface area contributed by atoms with Crippen LogP contribution in [0.2, 0.25) is 0 Å². The van der Waals surface area contributed by atoms with Gasteiger partial charge in [-0.15, -0.1) is 11.3 Å². The number of aliphatic hydroxyl groups excluding tert-OH is 1. The molecule has 1 aliphatic heterocycles. The second-order valence-electron chi connectivity index (χ2n) is 13.8. The van der Waals surface area contributed by atoms with Crippen LogP contribution in [0, 0.1) is 11.8 Å². The number of aromatic nitrogens is 1. The lowest BCUT2D eigenvalue weighted by Gasteiger charge is -2.39. The van der Waals surface area contributed by atoms with E-state index in [0.29, 0.717) is 24.0 Å². The number of nitrogens with zero attached hydrogens (tertiary/aromatic N) is 3. The van der Waals surface area contributed by atoms with E-state index in [9.17, 15) is 19.8 Å². The molecule has 0 spiro atoms. The number of anilines is 1. The number of carboxylic acid groups (broad SMARTS) is 1. The van der Waals surface area contributed by atoms with E-state index in [1.165, 1.54) is 11.3 Å². The van der Waals surface area contributed by atoms with E-state index in [2.05, 4.69) is 37.6 Å². The second-order valence-corrected chi connectivity index (χ2v) is 14.8. The number of likely N-dealkylation sites (tertiary alicyclic amines) is 1. The summed E-state index contributed by atoms with van der Waals surface area (Å²) in [5, 5.41) is 20.0. The smallest absolute Gasteiger partial charge is 0.348 e. The zero-order valence-electron chi connectivity index (χ0n) is 25.6. The number of hydrogen-bond acceptors (Lipinski definition) is 7. The molecule has 0 bridgehead atoms. The van der Waals surface area contributed by atoms with E-state index >= 15 is 0 Å². The number of amides is 1. The van der Waals surface area contributed by atoms with Gasteiger partial charge in [0.2, 0.25) is 11.8 Å². The maximum Gasteiger partial charge on any atom is 0.348 e. The van der Waals surface area contributed by atoms with Crippen molar-refractivity contribution in [2.24, 2.45) is 11.8 Å². The Morgan fingerprint density at radius 1 is 1.07 bits per heavy atom. The van der Waals surface area contributed by atoms with Crippen LogP contribution in [0.1, 0.15) is 106 Å². The van der Waals surface area contributed by atoms with Gasteiger partial charge in [0.25, 0.3) is 0 Å². The molecule has 8 nitrogen and oxygen atoms in total. The third-order valence-electron chi connectivity index (χ3n) is 9.26. The lowest BCUT2D eigenvalue weighted by Crippen LogP contribution is -2.47. The molecule has 2 aliphatic carbocycles. The van der Waals surface area contributed by atoms with E-state index in [0.717, 1.165) is 81.3 Å². The van der Waals surface area contributed by atoms with E-state index in [4.69, 9.17) is 4.74 Å². The number of carbonyl (C=O) groups is 2. The number of aliphatic hydroxyl groups is 1. The average Bonchev–Trinajstić information content (AvgIpc) is 3.57. The molecule has 3 fully saturated rings. The number of ether oxygens (including phenoxy) is 1. The molecule has 0 aromatic carbocycles. The summed E-state index contributed by atoms with van der Waals surface area (Å²) in [7, 11) is 0. The fraction of sp³-hybridized carbons (Fsp3) is 0.667. The largest absolute Gasteiger partial charge is 0.477 e. The van der Waals surface area contributed by atoms with Crippen molar-refractivity contribution in [2.45, 2.75) is 116 Å². The molecule has 2 N–H and O–H groups in total. The summed E-state index contributed by atoms with van der Waals surface area (Å²) in [6.07, 6.45) is 9.23. The number of hydrogen-bond donors (Lipinski definition) is 2. The quantitative estimate of drug-likeness (QED) is 0.371. The summed E-state index contributed by atoms with van der Waals surface area (Å²) in [6, 6.07) is 5.90. The van der Waals surface area contributed by atoms with Crippen molar-refractivity contribution < 1.29 is 24.5 Å². The Kier molecular flexibility index (Phi) is 9.59. The van der Waals surface area contributed by atoms with Gasteiger partial charge in [-0.2, -0.15) is 0 Å². The molecule has 1 saturated heterocycles. The molecule has 5 rings (SSSR count). The predicted octanol–water partition coefficient (Wildman–Crippen LogP) is 6.25. The number of thiophene rings is 1. The summed E-state index contributed by atoms with van der Waals surface area (Å²) >= 11 is 1.30. The highest BCUT2D eigenvalue weighted by molar-refractivity contribution is 7.14. The van der Waals surface area contributed by atoms with Crippen molar-refractivity contribution in [1.29, 1.82) is 0 Å². The Bertz CT molecular complexity index is 1240. The molecule has 2 aromatic heterocycles. The van der Waals surface area contributed by atoms with Gasteiger partial charge in [0, 0.05) is 48.7 Å². The van der Waals surface area contributed by atoms with Gasteiger partial charge in [0.1, 0.15) is 11.0 Å². The first-order valence-corrected chi connectivity index (χ1v) is 16.5. The first kappa shape index (κ1) is 31.0. The standard InChI is InChI=1S/C33H47N3O5S/c1-21-5-7-23(8-6-21)31(38)36(27-18-28(33(2,3)4)42-30(27)32(39)40)24-9-11-26(12-10-24)41-29-17-22(13-15-34-29)19-35-16-14-25(37)20-35/h13,15,17-18,21,23-26,37H,5-12,14,16,19-20H2,1-4H3,(H,39,40). The number of aromatic carboxylic acids is 1. The van der Waals surface area contributed by atoms with E-state index in [-0.39, 0.29) is 40.4 Å². The van der Waals surface area contributed by atoms with Crippen molar-refractivity contribution in [3.63, 3.8) is 0 Å². The van der Waals surface area contributed by atoms with Crippen molar-refractivity contribution >= 4 is 28.9 Å². The van der Waals surface area contributed by atoms with Gasteiger partial charge in [-0.3, -0.25) is 9.69 Å². The molecule has 2 aromatic rings. The van der Waals surface area contributed by atoms with Crippen LogP contribution >= 0.6 is 11.3 Å². The molecule has 3 aliphatic rings. The summed E-state index contributed by atoms with van der Waals surface area (Å²) in [5.74, 6) is 0.312. The Labute approximate surface area is 254 Å². The summed E-state index contributed by atoms with van der Waals surface area (Å²) in [6.45, 7) is 10.9. The van der Waals surface area contributed by atoms with Crippen LogP contribution < -0.4 is 9.64 Å². The van der Waals surface area contributed by atoms with Gasteiger partial charge in [-0.1, -0.05) is 27.7 Å². The summed E-state index contributed by atoms with van der Waals surface area (Å²) in [4.78, 5) is 36.5. The maximum atomic E-state index is 14.2. The number of β-amino-alcohol motifs (C(OH)–C–C–N with tert-alkyl or cyclic N) is 1. The molecule has 1 atom stereocenters. The zero-order valence-corrected chi connectivity index (χ0v) is 26.4. The van der Waals surface area contributed by atoms with Crippen LogP contribution in [-0.2, 0) is 16.8 Å². The highest BCUT2D eigenvalue weighted by Gasteiger charge is 2.38. The molecule has 230 valence electrons. The van der Waals surface area contributed by atoms with Gasteiger partial charge in [0.05, 0.1) is 11.8 Å². The van der Waals surface area contributed by atoms with Crippen LogP contribution in [0.15, 0.2) is 24.4 Å². The topological polar surface area (TPSA) is 103 Å². The molecular formula is C33H47N3O5S. The lowest BCUT2D eigenvalue weighted by atomic mass is 9.81. The van der Waals surface area contributed by atoms with E-state index < -0.39 is 5.97 Å². The highest BCUT2D eigenvalue weighted by atomic mass is 32.1. The van der Waals surface area contributed by atoms with Crippen LogP contribution in [0.4, 0.5) is 5.69 Å². The lowest BCUT2D eigenvalue weighted by molar-refractivity contribution is -0.124. The summed E-state index contributed by atoms with van der Waals surface area (Å²) < 4.78 is 6.34. The van der Waals surface area contributed by atoms with Gasteiger partial charge in [0.15, 0.2) is 0 Å². The highest BCUT2D eigenvalue weighted by Crippen LogP contribution is 2.42. The third kappa shape index (κ3) is 7.34. The number of rotatable bonds is 8. The molecule has 2 saturated carbocycles. The molecular weight excluding hydrogens is 550 g/mol. The molecule has 1 unspecified atom stereocenters. The van der Waals surface area contributed by atoms with Gasteiger partial charge < -0.3 is 19.8 Å². The Hall–Kier alpha value is -2.49. The van der Waals surface area contributed by atoms with Gasteiger partial charge >= 0.3 is 5.97 Å². The molecule has 9 heteroatoms. The Morgan fingerprint density at radius 3 is 2.40 bits per heavy atom. The normalized spacial score (nSPS) is 27.1. The van der Waals surface area contributed by atoms with Crippen molar-refractivity contribution in [1.82, 2.24) is 9.88 Å². The zero-order chi connectivity index (χ0) is 30.0. The predicted molar refractivity (Wildman–Crippen MR) is 165 cm³/mol. The SMILES string of the molecule is CC1CCC(C(=O)N(c2cc(C(C)(C)C)sc2C(=O)O)C2CCC(Oc3cc(CN4CCC(O)C4)ccn3)CC2)CC1. The van der Waals surface area contributed by atoms with Gasteiger partial charge in [-0.25, -0.2) is 9.78 Å². The van der Waals surface area contributed by atoms with E-state index in [1.54, 1.807) is 6.20 Å². The maximum absolute atomic E-state index is 14.2. The minimum atomic E-state index is -0.966. The molecule has 0 radical (unpaired) electrons. The minimum absolute atomic E-state index is 0.00311.